The minimum absolute atomic E-state index is 0.179. The summed E-state index contributed by atoms with van der Waals surface area (Å²) in [6.07, 6.45) is 44.7. The Morgan fingerprint density at radius 3 is 1.53 bits per heavy atom. The molecule has 1 atom stereocenters. The van der Waals surface area contributed by atoms with Crippen LogP contribution in [-0.2, 0) is 14.3 Å². The van der Waals surface area contributed by atoms with Gasteiger partial charge in [-0.3, -0.25) is 4.79 Å². The van der Waals surface area contributed by atoms with E-state index in [2.05, 4.69) is 50.3 Å². The number of aliphatic hydroxyl groups is 1. The van der Waals surface area contributed by atoms with Crippen LogP contribution in [0, 0.1) is 0 Å². The van der Waals surface area contributed by atoms with Crippen LogP contribution in [0.25, 0.3) is 0 Å². The van der Waals surface area contributed by atoms with Crippen LogP contribution in [0.15, 0.2) is 36.5 Å². The van der Waals surface area contributed by atoms with Crippen molar-refractivity contribution >= 4 is 5.97 Å². The molecule has 43 heavy (non-hydrogen) atoms. The van der Waals surface area contributed by atoms with Crippen molar-refractivity contribution in [3.05, 3.63) is 36.5 Å². The van der Waals surface area contributed by atoms with Crippen molar-refractivity contribution in [1.82, 2.24) is 0 Å². The van der Waals surface area contributed by atoms with E-state index >= 15 is 0 Å². The maximum atomic E-state index is 12.1. The smallest absolute Gasteiger partial charge is 0.306 e. The number of hydrogen-bond donors (Lipinski definition) is 1. The van der Waals surface area contributed by atoms with E-state index in [-0.39, 0.29) is 19.2 Å². The van der Waals surface area contributed by atoms with Crippen molar-refractivity contribution in [1.29, 1.82) is 0 Å². The van der Waals surface area contributed by atoms with Gasteiger partial charge in [-0.2, -0.15) is 0 Å². The van der Waals surface area contributed by atoms with E-state index in [1.807, 2.05) is 0 Å². The molecular weight excluding hydrogens is 532 g/mol. The number of carbonyl (C=O) groups excluding carboxylic acids is 1. The maximum Gasteiger partial charge on any atom is 0.306 e. The standard InChI is InChI=1S/C39H72O4/c1-3-5-7-9-11-13-15-17-19-20-21-23-25-27-29-31-33-35-42-37-38(36-40)43-39(41)34-32-30-28-26-24-22-18-16-14-12-10-8-6-4-2/h10,12,16,18-20,38,40H,3-9,11,13-15,17,21-37H2,1-2H3/b12-10-,18-16-,20-19-. The molecule has 0 aromatic carbocycles. The molecule has 0 spiro atoms. The molecule has 0 aliphatic heterocycles. The molecule has 0 aromatic heterocycles. The summed E-state index contributed by atoms with van der Waals surface area (Å²) in [5.41, 5.74) is 0. The molecule has 0 aliphatic rings. The second kappa shape index (κ2) is 36.8. The molecule has 4 heteroatoms. The van der Waals surface area contributed by atoms with Gasteiger partial charge in [0.15, 0.2) is 0 Å². The second-order valence-corrected chi connectivity index (χ2v) is 12.3. The molecule has 0 bridgehead atoms. The Bertz CT molecular complexity index is 639. The molecule has 1 unspecified atom stereocenters. The summed E-state index contributed by atoms with van der Waals surface area (Å²) in [6, 6.07) is 0. The Morgan fingerprint density at radius 1 is 0.558 bits per heavy atom. The zero-order valence-electron chi connectivity index (χ0n) is 28.7. The number of aliphatic hydroxyl groups excluding tert-OH is 1. The molecule has 0 aliphatic carbocycles. The van der Waals surface area contributed by atoms with Crippen LogP contribution in [0.1, 0.15) is 181 Å². The minimum atomic E-state index is -0.542. The van der Waals surface area contributed by atoms with E-state index < -0.39 is 6.10 Å². The number of allylic oxidation sites excluding steroid dienone is 6. The van der Waals surface area contributed by atoms with Gasteiger partial charge in [-0.25, -0.2) is 0 Å². The monoisotopic (exact) mass is 605 g/mol. The average Bonchev–Trinajstić information content (AvgIpc) is 3.01. The average molecular weight is 605 g/mol. The van der Waals surface area contributed by atoms with E-state index in [1.54, 1.807) is 0 Å². The first kappa shape index (κ1) is 41.6. The molecule has 252 valence electrons. The fourth-order valence-electron chi connectivity index (χ4n) is 5.10. The number of hydrogen-bond acceptors (Lipinski definition) is 4. The topological polar surface area (TPSA) is 55.8 Å². The van der Waals surface area contributed by atoms with Gasteiger partial charge in [0.05, 0.1) is 13.2 Å². The normalized spacial score (nSPS) is 12.7. The van der Waals surface area contributed by atoms with Gasteiger partial charge < -0.3 is 14.6 Å². The van der Waals surface area contributed by atoms with Crippen molar-refractivity contribution in [3.63, 3.8) is 0 Å². The summed E-state index contributed by atoms with van der Waals surface area (Å²) in [4.78, 5) is 12.1. The van der Waals surface area contributed by atoms with Crippen LogP contribution in [0.5, 0.6) is 0 Å². The molecule has 0 aromatic rings. The zero-order chi connectivity index (χ0) is 31.3. The molecule has 0 rings (SSSR count). The van der Waals surface area contributed by atoms with Gasteiger partial charge in [-0.15, -0.1) is 0 Å². The summed E-state index contributed by atoms with van der Waals surface area (Å²) in [5, 5.41) is 9.55. The highest BCUT2D eigenvalue weighted by atomic mass is 16.6. The summed E-state index contributed by atoms with van der Waals surface area (Å²) < 4.78 is 11.1. The molecule has 4 nitrogen and oxygen atoms in total. The number of rotatable bonds is 34. The lowest BCUT2D eigenvalue weighted by Crippen LogP contribution is -2.27. The Kier molecular flexibility index (Phi) is 35.6. The Labute approximate surface area is 268 Å². The number of unbranched alkanes of at least 4 members (excludes halogenated alkanes) is 20. The highest BCUT2D eigenvalue weighted by Gasteiger charge is 2.13. The van der Waals surface area contributed by atoms with Gasteiger partial charge in [-0.1, -0.05) is 147 Å². The lowest BCUT2D eigenvalue weighted by atomic mass is 10.1. The molecule has 0 amide bonds. The highest BCUT2D eigenvalue weighted by Crippen LogP contribution is 2.12. The zero-order valence-corrected chi connectivity index (χ0v) is 28.7. The lowest BCUT2D eigenvalue weighted by Gasteiger charge is -2.15. The lowest BCUT2D eigenvalue weighted by molar-refractivity contribution is -0.154. The summed E-state index contributed by atoms with van der Waals surface area (Å²) in [5.74, 6) is -0.217. The third-order valence-corrected chi connectivity index (χ3v) is 7.94. The van der Waals surface area contributed by atoms with E-state index in [4.69, 9.17) is 9.47 Å². The van der Waals surface area contributed by atoms with E-state index in [9.17, 15) is 9.90 Å². The molecule has 0 fully saturated rings. The Balaban J connectivity index is 3.47. The largest absolute Gasteiger partial charge is 0.457 e. The van der Waals surface area contributed by atoms with Crippen LogP contribution in [0.3, 0.4) is 0 Å². The van der Waals surface area contributed by atoms with Gasteiger partial charge in [0, 0.05) is 13.0 Å². The Morgan fingerprint density at radius 2 is 1.00 bits per heavy atom. The van der Waals surface area contributed by atoms with Gasteiger partial charge >= 0.3 is 5.97 Å². The summed E-state index contributed by atoms with van der Waals surface area (Å²) >= 11 is 0. The quantitative estimate of drug-likeness (QED) is 0.0451. The summed E-state index contributed by atoms with van der Waals surface area (Å²) in [7, 11) is 0. The third kappa shape index (κ3) is 35.0. The van der Waals surface area contributed by atoms with Gasteiger partial charge in [0.25, 0.3) is 0 Å². The van der Waals surface area contributed by atoms with Crippen LogP contribution >= 0.6 is 0 Å². The predicted octanol–water partition coefficient (Wildman–Crippen LogP) is 11.8. The van der Waals surface area contributed by atoms with Crippen molar-refractivity contribution in [2.75, 3.05) is 19.8 Å². The molecule has 0 heterocycles. The summed E-state index contributed by atoms with van der Waals surface area (Å²) in [6.45, 7) is 5.28. The Hall–Kier alpha value is -1.39. The first-order valence-electron chi connectivity index (χ1n) is 18.6. The van der Waals surface area contributed by atoms with Gasteiger partial charge in [0.1, 0.15) is 6.10 Å². The van der Waals surface area contributed by atoms with Crippen LogP contribution in [0.2, 0.25) is 0 Å². The van der Waals surface area contributed by atoms with E-state index in [0.717, 1.165) is 38.5 Å². The van der Waals surface area contributed by atoms with Crippen LogP contribution in [-0.4, -0.2) is 37.0 Å². The molecular formula is C39H72O4. The first-order valence-corrected chi connectivity index (χ1v) is 18.6. The predicted molar refractivity (Wildman–Crippen MR) is 187 cm³/mol. The van der Waals surface area contributed by atoms with Gasteiger partial charge in [0.2, 0.25) is 0 Å². The fraction of sp³-hybridized carbons (Fsp3) is 0.821. The van der Waals surface area contributed by atoms with Gasteiger partial charge in [-0.05, 0) is 64.2 Å². The van der Waals surface area contributed by atoms with Crippen LogP contribution in [0.4, 0.5) is 0 Å². The number of carbonyl (C=O) groups is 1. The van der Waals surface area contributed by atoms with Crippen molar-refractivity contribution in [3.8, 4) is 0 Å². The third-order valence-electron chi connectivity index (χ3n) is 7.94. The SMILES string of the molecule is CCCC/C=C\C/C=C\CCCCCCCC(=O)OC(CO)COCCCCCCCC/C=C\CCCCCCCCC. The van der Waals surface area contributed by atoms with Crippen LogP contribution < -0.4 is 0 Å². The molecule has 0 saturated carbocycles. The van der Waals surface area contributed by atoms with Crippen molar-refractivity contribution in [2.24, 2.45) is 0 Å². The highest BCUT2D eigenvalue weighted by molar-refractivity contribution is 5.69. The fourth-order valence-corrected chi connectivity index (χ4v) is 5.10. The van der Waals surface area contributed by atoms with Crippen molar-refractivity contribution in [2.45, 2.75) is 187 Å². The molecule has 1 N–H and O–H groups in total. The number of esters is 1. The maximum absolute atomic E-state index is 12.1. The second-order valence-electron chi connectivity index (χ2n) is 12.3. The van der Waals surface area contributed by atoms with E-state index in [1.165, 1.54) is 122 Å². The first-order chi connectivity index (χ1) is 21.2. The number of ether oxygens (including phenoxy) is 2. The van der Waals surface area contributed by atoms with Crippen molar-refractivity contribution < 1.29 is 19.4 Å². The molecule has 0 radical (unpaired) electrons. The molecule has 0 saturated heterocycles. The minimum Gasteiger partial charge on any atom is -0.457 e. The van der Waals surface area contributed by atoms with E-state index in [0.29, 0.717) is 13.0 Å².